The molecule has 1 N–H and O–H groups in total. The van der Waals surface area contributed by atoms with E-state index in [1.165, 1.54) is 11.8 Å². The second kappa shape index (κ2) is 6.52. The van der Waals surface area contributed by atoms with Gasteiger partial charge in [0.2, 0.25) is 5.91 Å². The fraction of sp³-hybridized carbons (Fsp3) is 0.467. The summed E-state index contributed by atoms with van der Waals surface area (Å²) in [5, 5.41) is 9.67. The Kier molecular flexibility index (Phi) is 4.74. The van der Waals surface area contributed by atoms with E-state index in [-0.39, 0.29) is 18.9 Å². The summed E-state index contributed by atoms with van der Waals surface area (Å²) in [6.45, 7) is 1.99. The predicted octanol–water partition coefficient (Wildman–Crippen LogP) is 1.10. The number of aliphatic hydroxyl groups is 1. The molecule has 0 saturated carbocycles. The first-order chi connectivity index (χ1) is 9.58. The van der Waals surface area contributed by atoms with Crippen LogP contribution in [0.2, 0.25) is 0 Å². The monoisotopic (exact) mass is 277 g/mol. The number of carbonyl (C=O) groups is 2. The van der Waals surface area contributed by atoms with Crippen LogP contribution in [0, 0.1) is 0 Å². The highest BCUT2D eigenvalue weighted by Gasteiger charge is 2.35. The minimum absolute atomic E-state index is 0.168. The SMILES string of the molecule is CC(=O)N1CC[C@@H](O)C[C@@H]1C(=O)OCc1ccccc1. The summed E-state index contributed by atoms with van der Waals surface area (Å²) in [6, 6.07) is 8.68. The smallest absolute Gasteiger partial charge is 0.329 e. The Morgan fingerprint density at radius 2 is 2.05 bits per heavy atom. The topological polar surface area (TPSA) is 66.8 Å². The summed E-state index contributed by atoms with van der Waals surface area (Å²) in [7, 11) is 0. The number of nitrogens with zero attached hydrogens (tertiary/aromatic N) is 1. The molecule has 1 heterocycles. The van der Waals surface area contributed by atoms with E-state index in [4.69, 9.17) is 4.74 Å². The molecule has 5 heteroatoms. The van der Waals surface area contributed by atoms with Gasteiger partial charge < -0.3 is 14.7 Å². The van der Waals surface area contributed by atoms with Crippen molar-refractivity contribution < 1.29 is 19.4 Å². The van der Waals surface area contributed by atoms with Gasteiger partial charge in [0, 0.05) is 19.9 Å². The molecule has 1 saturated heterocycles. The van der Waals surface area contributed by atoms with Crippen LogP contribution in [0.15, 0.2) is 30.3 Å². The van der Waals surface area contributed by atoms with Crippen molar-refractivity contribution in [3.63, 3.8) is 0 Å². The molecule has 0 aromatic heterocycles. The Labute approximate surface area is 118 Å². The van der Waals surface area contributed by atoms with Crippen LogP contribution in [-0.4, -0.2) is 40.6 Å². The normalized spacial score (nSPS) is 22.4. The van der Waals surface area contributed by atoms with Crippen LogP contribution in [0.1, 0.15) is 25.3 Å². The summed E-state index contributed by atoms with van der Waals surface area (Å²) < 4.78 is 5.25. The number of amides is 1. The summed E-state index contributed by atoms with van der Waals surface area (Å²) in [6.07, 6.45) is 0.190. The number of benzene rings is 1. The number of esters is 1. The molecule has 0 radical (unpaired) electrons. The van der Waals surface area contributed by atoms with Gasteiger partial charge in [-0.05, 0) is 12.0 Å². The van der Waals surface area contributed by atoms with Gasteiger partial charge in [0.15, 0.2) is 0 Å². The maximum Gasteiger partial charge on any atom is 0.329 e. The largest absolute Gasteiger partial charge is 0.459 e. The molecule has 1 aliphatic rings. The molecule has 1 aliphatic heterocycles. The van der Waals surface area contributed by atoms with Crippen molar-refractivity contribution in [1.29, 1.82) is 0 Å². The summed E-state index contributed by atoms with van der Waals surface area (Å²) >= 11 is 0. The predicted molar refractivity (Wildman–Crippen MR) is 72.7 cm³/mol. The lowest BCUT2D eigenvalue weighted by Gasteiger charge is -2.35. The number of hydrogen-bond acceptors (Lipinski definition) is 4. The molecule has 1 aromatic rings. The van der Waals surface area contributed by atoms with Gasteiger partial charge in [-0.2, -0.15) is 0 Å². The van der Waals surface area contributed by atoms with Crippen LogP contribution in [0.25, 0.3) is 0 Å². The van der Waals surface area contributed by atoms with E-state index in [0.717, 1.165) is 5.56 Å². The van der Waals surface area contributed by atoms with E-state index >= 15 is 0 Å². The van der Waals surface area contributed by atoms with E-state index in [0.29, 0.717) is 13.0 Å². The first-order valence-electron chi connectivity index (χ1n) is 6.73. The van der Waals surface area contributed by atoms with Gasteiger partial charge >= 0.3 is 5.97 Å². The van der Waals surface area contributed by atoms with Gasteiger partial charge in [-0.1, -0.05) is 30.3 Å². The van der Waals surface area contributed by atoms with Crippen molar-refractivity contribution in [3.8, 4) is 0 Å². The van der Waals surface area contributed by atoms with Crippen LogP contribution in [0.5, 0.6) is 0 Å². The van der Waals surface area contributed by atoms with E-state index in [9.17, 15) is 14.7 Å². The number of rotatable bonds is 3. The highest BCUT2D eigenvalue weighted by Crippen LogP contribution is 2.19. The maximum absolute atomic E-state index is 12.1. The number of piperidine rings is 1. The third-order valence-electron chi connectivity index (χ3n) is 3.48. The highest BCUT2D eigenvalue weighted by molar-refractivity contribution is 5.83. The second-order valence-electron chi connectivity index (χ2n) is 5.00. The van der Waals surface area contributed by atoms with E-state index in [2.05, 4.69) is 0 Å². The van der Waals surface area contributed by atoms with Crippen LogP contribution < -0.4 is 0 Å². The average molecular weight is 277 g/mol. The fourth-order valence-electron chi connectivity index (χ4n) is 2.37. The summed E-state index contributed by atoms with van der Waals surface area (Å²) in [5.74, 6) is -0.624. The lowest BCUT2D eigenvalue weighted by atomic mass is 9.99. The molecule has 2 atom stereocenters. The first kappa shape index (κ1) is 14.5. The molecular weight excluding hydrogens is 258 g/mol. The molecular formula is C15H19NO4. The zero-order chi connectivity index (χ0) is 14.5. The zero-order valence-electron chi connectivity index (χ0n) is 11.5. The van der Waals surface area contributed by atoms with Crippen LogP contribution in [0.3, 0.4) is 0 Å². The molecule has 0 unspecified atom stereocenters. The molecule has 1 aromatic carbocycles. The van der Waals surface area contributed by atoms with Gasteiger partial charge in [0.05, 0.1) is 6.10 Å². The molecule has 1 fully saturated rings. The Morgan fingerprint density at radius 3 is 2.70 bits per heavy atom. The van der Waals surface area contributed by atoms with E-state index < -0.39 is 18.1 Å². The van der Waals surface area contributed by atoms with Crippen LogP contribution in [0.4, 0.5) is 0 Å². The third-order valence-corrected chi connectivity index (χ3v) is 3.48. The lowest BCUT2D eigenvalue weighted by Crippen LogP contribution is -2.51. The quantitative estimate of drug-likeness (QED) is 0.840. The Morgan fingerprint density at radius 1 is 1.35 bits per heavy atom. The Hall–Kier alpha value is -1.88. The second-order valence-corrected chi connectivity index (χ2v) is 5.00. The van der Waals surface area contributed by atoms with Crippen molar-refractivity contribution in [2.75, 3.05) is 6.54 Å². The molecule has 5 nitrogen and oxygen atoms in total. The van der Waals surface area contributed by atoms with Gasteiger partial charge in [-0.25, -0.2) is 4.79 Å². The van der Waals surface area contributed by atoms with E-state index in [1.54, 1.807) is 0 Å². The van der Waals surface area contributed by atoms with Crippen LogP contribution in [-0.2, 0) is 20.9 Å². The van der Waals surface area contributed by atoms with Gasteiger partial charge in [-0.3, -0.25) is 4.79 Å². The van der Waals surface area contributed by atoms with Crippen molar-refractivity contribution in [3.05, 3.63) is 35.9 Å². The molecule has 2 rings (SSSR count). The van der Waals surface area contributed by atoms with Gasteiger partial charge in [0.25, 0.3) is 0 Å². The van der Waals surface area contributed by atoms with Crippen molar-refractivity contribution >= 4 is 11.9 Å². The Balaban J connectivity index is 1.97. The molecule has 20 heavy (non-hydrogen) atoms. The molecule has 108 valence electrons. The standard InChI is InChI=1S/C15H19NO4/c1-11(17)16-8-7-13(18)9-14(16)15(19)20-10-12-5-3-2-4-6-12/h2-6,13-14,18H,7-10H2,1H3/t13-,14-/m1/s1. The van der Waals surface area contributed by atoms with E-state index in [1.807, 2.05) is 30.3 Å². The van der Waals surface area contributed by atoms with Crippen molar-refractivity contribution in [1.82, 2.24) is 4.90 Å². The minimum Gasteiger partial charge on any atom is -0.459 e. The average Bonchev–Trinajstić information content (AvgIpc) is 2.45. The fourth-order valence-corrected chi connectivity index (χ4v) is 2.37. The van der Waals surface area contributed by atoms with Crippen molar-refractivity contribution in [2.24, 2.45) is 0 Å². The first-order valence-corrected chi connectivity index (χ1v) is 6.73. The molecule has 1 amide bonds. The number of hydrogen-bond donors (Lipinski definition) is 1. The molecule has 0 aliphatic carbocycles. The zero-order valence-corrected chi connectivity index (χ0v) is 11.5. The molecule has 0 bridgehead atoms. The number of carbonyl (C=O) groups excluding carboxylic acids is 2. The third kappa shape index (κ3) is 3.57. The highest BCUT2D eigenvalue weighted by atomic mass is 16.5. The number of likely N-dealkylation sites (tertiary alicyclic amines) is 1. The van der Waals surface area contributed by atoms with Gasteiger partial charge in [0.1, 0.15) is 12.6 Å². The van der Waals surface area contributed by atoms with Crippen LogP contribution >= 0.6 is 0 Å². The Bertz CT molecular complexity index is 474. The minimum atomic E-state index is -0.681. The number of ether oxygens (including phenoxy) is 1. The van der Waals surface area contributed by atoms with Gasteiger partial charge in [-0.15, -0.1) is 0 Å². The lowest BCUT2D eigenvalue weighted by molar-refractivity contribution is -0.159. The summed E-state index contributed by atoms with van der Waals surface area (Å²) in [4.78, 5) is 25.1. The number of aliphatic hydroxyl groups excluding tert-OH is 1. The summed E-state index contributed by atoms with van der Waals surface area (Å²) in [5.41, 5.74) is 0.895. The molecule has 0 spiro atoms. The maximum atomic E-state index is 12.1. The van der Waals surface area contributed by atoms with Crippen molar-refractivity contribution in [2.45, 2.75) is 38.5 Å².